The van der Waals surface area contributed by atoms with Crippen LogP contribution in [0.15, 0.2) is 12.1 Å². The normalized spacial score (nSPS) is 10.0. The third kappa shape index (κ3) is 4.33. The van der Waals surface area contributed by atoms with E-state index in [1.165, 1.54) is 12.1 Å². The van der Waals surface area contributed by atoms with E-state index in [2.05, 4.69) is 10.6 Å². The molecule has 0 saturated heterocycles. The fourth-order valence-electron chi connectivity index (χ4n) is 1.50. The van der Waals surface area contributed by atoms with Crippen molar-refractivity contribution in [3.05, 3.63) is 22.7 Å². The van der Waals surface area contributed by atoms with Gasteiger partial charge >= 0.3 is 0 Å². The standard InChI is InChI=1S/C12H17ClN4O2/c1-2-3-16-10(18)6-17-11-8(12(15)19)4-7(14)5-9(11)13/h4-5,17H,2-3,6,14H2,1H3,(H2,15,19)(H,16,18). The van der Waals surface area contributed by atoms with Crippen molar-refractivity contribution in [3.63, 3.8) is 0 Å². The molecule has 1 rings (SSSR count). The molecule has 0 heterocycles. The Hall–Kier alpha value is -1.95. The molecule has 104 valence electrons. The van der Waals surface area contributed by atoms with E-state index in [0.717, 1.165) is 6.42 Å². The molecule has 0 fully saturated rings. The maximum Gasteiger partial charge on any atom is 0.250 e. The second-order valence-electron chi connectivity index (χ2n) is 3.99. The van der Waals surface area contributed by atoms with Crippen molar-refractivity contribution >= 4 is 34.8 Å². The summed E-state index contributed by atoms with van der Waals surface area (Å²) in [5.41, 5.74) is 11.6. The van der Waals surface area contributed by atoms with Gasteiger partial charge in [-0.05, 0) is 18.6 Å². The number of nitrogen functional groups attached to an aromatic ring is 1. The average Bonchev–Trinajstić information content (AvgIpc) is 2.34. The van der Waals surface area contributed by atoms with Crippen molar-refractivity contribution in [1.82, 2.24) is 5.32 Å². The lowest BCUT2D eigenvalue weighted by Gasteiger charge is -2.13. The molecule has 2 amide bonds. The number of rotatable bonds is 6. The van der Waals surface area contributed by atoms with Crippen LogP contribution in [0.25, 0.3) is 0 Å². The molecule has 1 aromatic carbocycles. The summed E-state index contributed by atoms with van der Waals surface area (Å²) in [6, 6.07) is 2.90. The molecule has 0 unspecified atom stereocenters. The first-order valence-corrected chi connectivity index (χ1v) is 6.23. The van der Waals surface area contributed by atoms with Gasteiger partial charge in [-0.3, -0.25) is 9.59 Å². The molecule has 0 aliphatic heterocycles. The largest absolute Gasteiger partial charge is 0.399 e. The molecule has 0 spiro atoms. The summed E-state index contributed by atoms with van der Waals surface area (Å²) in [4.78, 5) is 22.8. The van der Waals surface area contributed by atoms with E-state index in [9.17, 15) is 9.59 Å². The van der Waals surface area contributed by atoms with Gasteiger partial charge < -0.3 is 22.1 Å². The number of hydrogen-bond acceptors (Lipinski definition) is 4. The van der Waals surface area contributed by atoms with E-state index in [-0.39, 0.29) is 23.0 Å². The zero-order valence-electron chi connectivity index (χ0n) is 10.6. The first kappa shape index (κ1) is 15.1. The molecule has 0 bridgehead atoms. The minimum absolute atomic E-state index is 0.00389. The van der Waals surface area contributed by atoms with Gasteiger partial charge in [-0.15, -0.1) is 0 Å². The van der Waals surface area contributed by atoms with E-state index in [1.807, 2.05) is 6.92 Å². The Labute approximate surface area is 116 Å². The van der Waals surface area contributed by atoms with Crippen LogP contribution in [0.1, 0.15) is 23.7 Å². The van der Waals surface area contributed by atoms with Crippen LogP contribution in [-0.4, -0.2) is 24.9 Å². The highest BCUT2D eigenvalue weighted by Gasteiger charge is 2.14. The number of amides is 2. The van der Waals surface area contributed by atoms with Gasteiger partial charge in [0.05, 0.1) is 22.8 Å². The zero-order valence-corrected chi connectivity index (χ0v) is 11.4. The van der Waals surface area contributed by atoms with Gasteiger partial charge in [0.2, 0.25) is 5.91 Å². The van der Waals surface area contributed by atoms with Gasteiger partial charge in [-0.2, -0.15) is 0 Å². The number of carbonyl (C=O) groups excluding carboxylic acids is 2. The lowest BCUT2D eigenvalue weighted by molar-refractivity contribution is -0.119. The smallest absolute Gasteiger partial charge is 0.250 e. The van der Waals surface area contributed by atoms with Crippen molar-refractivity contribution in [2.75, 3.05) is 24.1 Å². The Bertz CT molecular complexity index is 491. The highest BCUT2D eigenvalue weighted by Crippen LogP contribution is 2.28. The quantitative estimate of drug-likeness (QED) is 0.583. The molecular formula is C12H17ClN4O2. The Morgan fingerprint density at radius 3 is 2.63 bits per heavy atom. The van der Waals surface area contributed by atoms with Gasteiger partial charge in [0.25, 0.3) is 5.91 Å². The molecule has 0 radical (unpaired) electrons. The molecule has 0 saturated carbocycles. The van der Waals surface area contributed by atoms with Crippen molar-refractivity contribution < 1.29 is 9.59 Å². The third-order valence-electron chi connectivity index (χ3n) is 2.38. The maximum atomic E-state index is 11.5. The van der Waals surface area contributed by atoms with E-state index in [0.29, 0.717) is 17.9 Å². The molecule has 6 nitrogen and oxygen atoms in total. The van der Waals surface area contributed by atoms with Crippen LogP contribution in [-0.2, 0) is 4.79 Å². The monoisotopic (exact) mass is 284 g/mol. The summed E-state index contributed by atoms with van der Waals surface area (Å²) >= 11 is 5.98. The average molecular weight is 285 g/mol. The fraction of sp³-hybridized carbons (Fsp3) is 0.333. The van der Waals surface area contributed by atoms with E-state index in [1.54, 1.807) is 0 Å². The van der Waals surface area contributed by atoms with Gasteiger partial charge in [0.1, 0.15) is 0 Å². The molecule has 0 aliphatic rings. The van der Waals surface area contributed by atoms with Gasteiger partial charge in [0.15, 0.2) is 0 Å². The first-order valence-electron chi connectivity index (χ1n) is 5.85. The lowest BCUT2D eigenvalue weighted by Crippen LogP contribution is -2.31. The predicted octanol–water partition coefficient (Wildman–Crippen LogP) is 0.959. The molecular weight excluding hydrogens is 268 g/mol. The number of nitrogens with two attached hydrogens (primary N) is 2. The Kier molecular flexibility index (Phi) is 5.44. The van der Waals surface area contributed by atoms with E-state index < -0.39 is 5.91 Å². The topological polar surface area (TPSA) is 110 Å². The summed E-state index contributed by atoms with van der Waals surface area (Å²) in [6.45, 7) is 2.55. The molecule has 7 heteroatoms. The van der Waals surface area contributed by atoms with Crippen molar-refractivity contribution in [2.24, 2.45) is 5.73 Å². The summed E-state index contributed by atoms with van der Waals surface area (Å²) < 4.78 is 0. The minimum Gasteiger partial charge on any atom is -0.399 e. The molecule has 0 atom stereocenters. The van der Waals surface area contributed by atoms with Crippen molar-refractivity contribution in [2.45, 2.75) is 13.3 Å². The van der Waals surface area contributed by atoms with Crippen LogP contribution in [0.5, 0.6) is 0 Å². The minimum atomic E-state index is -0.661. The molecule has 1 aromatic rings. The Morgan fingerprint density at radius 2 is 2.05 bits per heavy atom. The predicted molar refractivity (Wildman–Crippen MR) is 76.2 cm³/mol. The summed E-state index contributed by atoms with van der Waals surface area (Å²) in [7, 11) is 0. The second-order valence-corrected chi connectivity index (χ2v) is 4.40. The van der Waals surface area contributed by atoms with E-state index in [4.69, 9.17) is 23.1 Å². The van der Waals surface area contributed by atoms with Crippen LogP contribution in [0.2, 0.25) is 5.02 Å². The van der Waals surface area contributed by atoms with Crippen molar-refractivity contribution in [1.29, 1.82) is 0 Å². The van der Waals surface area contributed by atoms with Crippen LogP contribution >= 0.6 is 11.6 Å². The summed E-state index contributed by atoms with van der Waals surface area (Å²) in [6.07, 6.45) is 0.848. The highest BCUT2D eigenvalue weighted by atomic mass is 35.5. The summed E-state index contributed by atoms with van der Waals surface area (Å²) in [5, 5.41) is 5.74. The summed E-state index contributed by atoms with van der Waals surface area (Å²) in [5.74, 6) is -0.851. The van der Waals surface area contributed by atoms with Crippen LogP contribution in [0.4, 0.5) is 11.4 Å². The molecule has 6 N–H and O–H groups in total. The lowest BCUT2D eigenvalue weighted by atomic mass is 10.1. The molecule has 0 aromatic heterocycles. The number of carbonyl (C=O) groups is 2. The highest BCUT2D eigenvalue weighted by molar-refractivity contribution is 6.34. The van der Waals surface area contributed by atoms with Gasteiger partial charge in [-0.25, -0.2) is 0 Å². The number of benzene rings is 1. The Morgan fingerprint density at radius 1 is 1.37 bits per heavy atom. The number of anilines is 2. The Balaban J connectivity index is 2.83. The zero-order chi connectivity index (χ0) is 14.4. The number of nitrogens with one attached hydrogen (secondary N) is 2. The third-order valence-corrected chi connectivity index (χ3v) is 2.67. The number of halogens is 1. The SMILES string of the molecule is CCCNC(=O)CNc1c(Cl)cc(N)cc1C(N)=O. The maximum absolute atomic E-state index is 11.5. The van der Waals surface area contributed by atoms with Crippen molar-refractivity contribution in [3.8, 4) is 0 Å². The number of primary amides is 1. The second kappa shape index (κ2) is 6.84. The number of hydrogen-bond donors (Lipinski definition) is 4. The van der Waals surface area contributed by atoms with Gasteiger partial charge in [0, 0.05) is 12.2 Å². The van der Waals surface area contributed by atoms with E-state index >= 15 is 0 Å². The van der Waals surface area contributed by atoms with Crippen LogP contribution < -0.4 is 22.1 Å². The molecule has 19 heavy (non-hydrogen) atoms. The molecule has 0 aliphatic carbocycles. The van der Waals surface area contributed by atoms with Gasteiger partial charge in [-0.1, -0.05) is 18.5 Å². The van der Waals surface area contributed by atoms with Crippen LogP contribution in [0.3, 0.4) is 0 Å². The fourth-order valence-corrected chi connectivity index (χ4v) is 1.79. The van der Waals surface area contributed by atoms with Crippen LogP contribution in [0, 0.1) is 0 Å². The first-order chi connectivity index (χ1) is 8.95.